The molecule has 1 N–H and O–H groups in total. The molecule has 1 heterocycles. The Bertz CT molecular complexity index is 616. The fourth-order valence-corrected chi connectivity index (χ4v) is 1.78. The van der Waals surface area contributed by atoms with Crippen molar-refractivity contribution >= 4 is 12.0 Å². The Kier molecular flexibility index (Phi) is 4.71. The molecule has 2 rings (SSSR count). The van der Waals surface area contributed by atoms with Crippen LogP contribution < -0.4 is 5.32 Å². The average Bonchev–Trinajstić information content (AvgIpc) is 2.82. The standard InChI is InChI=1S/C16H16FNO2/c1-12-5-6-15(20-12)7-8-16(19)18-10-9-13-3-2-4-14(17)11-13/h2-8,11H,9-10H2,1H3,(H,18,19)/b8-7+. The molecule has 104 valence electrons. The molecule has 0 saturated carbocycles. The number of hydrogen-bond donors (Lipinski definition) is 1. The third-order valence-electron chi connectivity index (χ3n) is 2.76. The van der Waals surface area contributed by atoms with E-state index in [2.05, 4.69) is 5.32 Å². The third kappa shape index (κ3) is 4.39. The molecule has 0 radical (unpaired) electrons. The van der Waals surface area contributed by atoms with Crippen LogP contribution in [0.4, 0.5) is 4.39 Å². The van der Waals surface area contributed by atoms with Gasteiger partial charge in [-0.2, -0.15) is 0 Å². The lowest BCUT2D eigenvalue weighted by Gasteiger charge is -2.02. The van der Waals surface area contributed by atoms with Gasteiger partial charge in [-0.3, -0.25) is 4.79 Å². The molecule has 0 atom stereocenters. The van der Waals surface area contributed by atoms with Gasteiger partial charge in [0, 0.05) is 12.6 Å². The Hall–Kier alpha value is -2.36. The number of benzene rings is 1. The zero-order valence-corrected chi connectivity index (χ0v) is 11.2. The van der Waals surface area contributed by atoms with Gasteiger partial charge in [0.15, 0.2) is 0 Å². The minimum absolute atomic E-state index is 0.199. The van der Waals surface area contributed by atoms with Gasteiger partial charge >= 0.3 is 0 Å². The van der Waals surface area contributed by atoms with Crippen molar-refractivity contribution in [1.82, 2.24) is 5.32 Å². The molecule has 1 aromatic carbocycles. The molecule has 20 heavy (non-hydrogen) atoms. The molecule has 1 aromatic heterocycles. The number of aryl methyl sites for hydroxylation is 1. The Morgan fingerprint density at radius 2 is 2.20 bits per heavy atom. The Morgan fingerprint density at radius 3 is 2.90 bits per heavy atom. The zero-order chi connectivity index (χ0) is 14.4. The van der Waals surface area contributed by atoms with Crippen LogP contribution in [0, 0.1) is 12.7 Å². The monoisotopic (exact) mass is 273 g/mol. The zero-order valence-electron chi connectivity index (χ0n) is 11.2. The predicted molar refractivity (Wildman–Crippen MR) is 75.6 cm³/mol. The van der Waals surface area contributed by atoms with Crippen molar-refractivity contribution in [1.29, 1.82) is 0 Å². The number of nitrogens with one attached hydrogen (secondary N) is 1. The van der Waals surface area contributed by atoms with Crippen LogP contribution in [-0.2, 0) is 11.2 Å². The van der Waals surface area contributed by atoms with Crippen molar-refractivity contribution in [3.05, 3.63) is 65.4 Å². The lowest BCUT2D eigenvalue weighted by molar-refractivity contribution is -0.116. The number of halogens is 1. The number of hydrogen-bond acceptors (Lipinski definition) is 2. The van der Waals surface area contributed by atoms with Crippen molar-refractivity contribution in [2.45, 2.75) is 13.3 Å². The van der Waals surface area contributed by atoms with Crippen LogP contribution in [0.3, 0.4) is 0 Å². The second-order valence-corrected chi connectivity index (χ2v) is 4.45. The minimum Gasteiger partial charge on any atom is -0.462 e. The maximum atomic E-state index is 13.0. The van der Waals surface area contributed by atoms with E-state index in [4.69, 9.17) is 4.42 Å². The smallest absolute Gasteiger partial charge is 0.244 e. The van der Waals surface area contributed by atoms with E-state index in [1.165, 1.54) is 18.2 Å². The van der Waals surface area contributed by atoms with Crippen LogP contribution in [0.1, 0.15) is 17.1 Å². The van der Waals surface area contributed by atoms with E-state index in [9.17, 15) is 9.18 Å². The van der Waals surface area contributed by atoms with E-state index >= 15 is 0 Å². The normalized spacial score (nSPS) is 10.9. The van der Waals surface area contributed by atoms with Gasteiger partial charge in [0.2, 0.25) is 5.91 Å². The topological polar surface area (TPSA) is 42.2 Å². The summed E-state index contributed by atoms with van der Waals surface area (Å²) in [6, 6.07) is 9.99. The maximum Gasteiger partial charge on any atom is 0.244 e. The summed E-state index contributed by atoms with van der Waals surface area (Å²) >= 11 is 0. The molecule has 0 spiro atoms. The summed E-state index contributed by atoms with van der Waals surface area (Å²) in [6.45, 7) is 2.31. The largest absolute Gasteiger partial charge is 0.462 e. The molecule has 0 saturated heterocycles. The highest BCUT2D eigenvalue weighted by molar-refractivity contribution is 5.91. The summed E-state index contributed by atoms with van der Waals surface area (Å²) in [4.78, 5) is 11.6. The molecular weight excluding hydrogens is 257 g/mol. The minimum atomic E-state index is -0.262. The quantitative estimate of drug-likeness (QED) is 0.851. The molecule has 0 aliphatic rings. The Labute approximate surface area is 117 Å². The average molecular weight is 273 g/mol. The van der Waals surface area contributed by atoms with E-state index in [-0.39, 0.29) is 11.7 Å². The number of furan rings is 1. The van der Waals surface area contributed by atoms with Crippen molar-refractivity contribution in [3.8, 4) is 0 Å². The summed E-state index contributed by atoms with van der Waals surface area (Å²) in [5.74, 6) is 0.983. The summed E-state index contributed by atoms with van der Waals surface area (Å²) in [5, 5.41) is 2.74. The van der Waals surface area contributed by atoms with Crippen LogP contribution in [0.5, 0.6) is 0 Å². The first kappa shape index (κ1) is 14.1. The fourth-order valence-electron chi connectivity index (χ4n) is 1.78. The molecule has 3 nitrogen and oxygen atoms in total. The van der Waals surface area contributed by atoms with Crippen LogP contribution in [0.2, 0.25) is 0 Å². The van der Waals surface area contributed by atoms with Crippen molar-refractivity contribution in [3.63, 3.8) is 0 Å². The Balaban J connectivity index is 1.76. The highest BCUT2D eigenvalue weighted by atomic mass is 19.1. The first-order valence-electron chi connectivity index (χ1n) is 6.40. The van der Waals surface area contributed by atoms with Gasteiger partial charge in [-0.25, -0.2) is 4.39 Å². The fraction of sp³-hybridized carbons (Fsp3) is 0.188. The third-order valence-corrected chi connectivity index (χ3v) is 2.76. The number of carbonyl (C=O) groups is 1. The molecule has 0 bridgehead atoms. The summed E-state index contributed by atoms with van der Waals surface area (Å²) in [6.07, 6.45) is 3.63. The van der Waals surface area contributed by atoms with Gasteiger partial charge in [0.1, 0.15) is 17.3 Å². The lowest BCUT2D eigenvalue weighted by Crippen LogP contribution is -2.23. The highest BCUT2D eigenvalue weighted by Crippen LogP contribution is 2.07. The van der Waals surface area contributed by atoms with Gasteiger partial charge in [-0.05, 0) is 49.2 Å². The summed E-state index contributed by atoms with van der Waals surface area (Å²) in [7, 11) is 0. The molecular formula is C16H16FNO2. The lowest BCUT2D eigenvalue weighted by atomic mass is 10.1. The molecule has 1 amide bonds. The first-order chi connectivity index (χ1) is 9.63. The van der Waals surface area contributed by atoms with Crippen molar-refractivity contribution < 1.29 is 13.6 Å². The second kappa shape index (κ2) is 6.70. The Morgan fingerprint density at radius 1 is 1.35 bits per heavy atom. The SMILES string of the molecule is Cc1ccc(/C=C/C(=O)NCCc2cccc(F)c2)o1. The molecule has 2 aromatic rings. The van der Waals surface area contributed by atoms with Crippen LogP contribution in [0.15, 0.2) is 46.9 Å². The number of amides is 1. The van der Waals surface area contributed by atoms with Gasteiger partial charge in [-0.15, -0.1) is 0 Å². The van der Waals surface area contributed by atoms with Gasteiger partial charge in [-0.1, -0.05) is 12.1 Å². The molecule has 4 heteroatoms. The molecule has 0 unspecified atom stereocenters. The maximum absolute atomic E-state index is 13.0. The van der Waals surface area contributed by atoms with Crippen molar-refractivity contribution in [2.24, 2.45) is 0 Å². The van der Waals surface area contributed by atoms with Gasteiger partial charge in [0.25, 0.3) is 0 Å². The van der Waals surface area contributed by atoms with Crippen LogP contribution >= 0.6 is 0 Å². The van der Waals surface area contributed by atoms with E-state index in [1.807, 2.05) is 19.1 Å². The van der Waals surface area contributed by atoms with Crippen LogP contribution in [0.25, 0.3) is 6.08 Å². The molecule has 0 aliphatic heterocycles. The van der Waals surface area contributed by atoms with Crippen LogP contribution in [-0.4, -0.2) is 12.5 Å². The first-order valence-corrected chi connectivity index (χ1v) is 6.40. The second-order valence-electron chi connectivity index (χ2n) is 4.45. The van der Waals surface area contributed by atoms with E-state index in [0.29, 0.717) is 18.7 Å². The van der Waals surface area contributed by atoms with Gasteiger partial charge < -0.3 is 9.73 Å². The van der Waals surface area contributed by atoms with Gasteiger partial charge in [0.05, 0.1) is 0 Å². The van der Waals surface area contributed by atoms with E-state index < -0.39 is 0 Å². The van der Waals surface area contributed by atoms with E-state index in [1.54, 1.807) is 18.2 Å². The highest BCUT2D eigenvalue weighted by Gasteiger charge is 1.99. The predicted octanol–water partition coefficient (Wildman–Crippen LogP) is 3.10. The number of rotatable bonds is 5. The molecule has 0 aliphatic carbocycles. The number of carbonyl (C=O) groups excluding carboxylic acids is 1. The molecule has 0 fully saturated rings. The van der Waals surface area contributed by atoms with E-state index in [0.717, 1.165) is 11.3 Å². The van der Waals surface area contributed by atoms with Crippen molar-refractivity contribution in [2.75, 3.05) is 6.54 Å². The summed E-state index contributed by atoms with van der Waals surface area (Å²) in [5.41, 5.74) is 0.857. The summed E-state index contributed by atoms with van der Waals surface area (Å²) < 4.78 is 18.3.